The molecule has 2 aliphatic rings. The van der Waals surface area contributed by atoms with Crippen molar-refractivity contribution >= 4 is 15.9 Å². The lowest BCUT2D eigenvalue weighted by Gasteiger charge is -2.39. The van der Waals surface area contributed by atoms with Crippen LogP contribution in [-0.4, -0.2) is 32.8 Å². The van der Waals surface area contributed by atoms with Crippen LogP contribution >= 0.6 is 0 Å². The number of sulfone groups is 1. The standard InChI is InChI=1S/C19H28N2O3S/c1-18(2)14-9-10-19(18,3)16(13-14)21-17(22)20-11-12-25(23,24)15-7-5-4-6-8-15/h4-8,14,16H,9-13H2,1-3H3,(H2,20,21,22). The fourth-order valence-electron chi connectivity index (χ4n) is 4.68. The van der Waals surface area contributed by atoms with Crippen LogP contribution in [0.2, 0.25) is 0 Å². The van der Waals surface area contributed by atoms with E-state index in [0.29, 0.717) is 10.8 Å². The Kier molecular flexibility index (Phi) is 4.60. The van der Waals surface area contributed by atoms with E-state index in [1.807, 2.05) is 0 Å². The van der Waals surface area contributed by atoms with Crippen molar-refractivity contribution in [2.45, 2.75) is 51.0 Å². The predicted octanol–water partition coefficient (Wildman–Crippen LogP) is 2.97. The summed E-state index contributed by atoms with van der Waals surface area (Å²) in [5, 5.41) is 5.80. The van der Waals surface area contributed by atoms with Gasteiger partial charge in [-0.15, -0.1) is 0 Å². The molecule has 6 heteroatoms. The molecule has 1 aromatic rings. The van der Waals surface area contributed by atoms with E-state index in [-0.39, 0.29) is 35.2 Å². The van der Waals surface area contributed by atoms with E-state index in [2.05, 4.69) is 31.4 Å². The summed E-state index contributed by atoms with van der Waals surface area (Å²) in [6, 6.07) is 8.23. The number of nitrogens with one attached hydrogen (secondary N) is 2. The van der Waals surface area contributed by atoms with E-state index in [1.54, 1.807) is 30.3 Å². The van der Waals surface area contributed by atoms with Crippen molar-refractivity contribution in [1.82, 2.24) is 10.6 Å². The molecule has 0 aromatic heterocycles. The molecule has 0 aliphatic heterocycles. The molecule has 2 bridgehead atoms. The van der Waals surface area contributed by atoms with Crippen LogP contribution in [0.4, 0.5) is 4.79 Å². The number of hydrogen-bond donors (Lipinski definition) is 2. The number of amides is 2. The second kappa shape index (κ2) is 6.31. The van der Waals surface area contributed by atoms with Crippen LogP contribution in [0, 0.1) is 16.7 Å². The van der Waals surface area contributed by atoms with Crippen LogP contribution in [0.3, 0.4) is 0 Å². The Labute approximate surface area is 150 Å². The second-order valence-corrected chi connectivity index (χ2v) is 10.3. The second-order valence-electron chi connectivity index (χ2n) is 8.20. The van der Waals surface area contributed by atoms with Gasteiger partial charge in [0.15, 0.2) is 9.84 Å². The monoisotopic (exact) mass is 364 g/mol. The molecule has 2 N–H and O–H groups in total. The molecule has 3 atom stereocenters. The quantitative estimate of drug-likeness (QED) is 0.843. The lowest BCUT2D eigenvalue weighted by atomic mass is 9.69. The zero-order valence-electron chi connectivity index (χ0n) is 15.2. The van der Waals surface area contributed by atoms with E-state index in [4.69, 9.17) is 0 Å². The first-order valence-electron chi connectivity index (χ1n) is 8.99. The first-order valence-corrected chi connectivity index (χ1v) is 10.6. The van der Waals surface area contributed by atoms with Gasteiger partial charge in [0.25, 0.3) is 0 Å². The molecule has 2 saturated carbocycles. The van der Waals surface area contributed by atoms with Crippen molar-refractivity contribution < 1.29 is 13.2 Å². The third-order valence-corrected chi connectivity index (χ3v) is 8.59. The topological polar surface area (TPSA) is 75.3 Å². The number of fused-ring (bicyclic) bond motifs is 2. The Hall–Kier alpha value is -1.56. The average molecular weight is 365 g/mol. The van der Waals surface area contributed by atoms with Gasteiger partial charge >= 0.3 is 6.03 Å². The highest BCUT2D eigenvalue weighted by atomic mass is 32.2. The Bertz CT molecular complexity index is 745. The Morgan fingerprint density at radius 1 is 1.20 bits per heavy atom. The molecule has 0 spiro atoms. The smallest absolute Gasteiger partial charge is 0.315 e. The van der Waals surface area contributed by atoms with Crippen molar-refractivity contribution in [3.63, 3.8) is 0 Å². The zero-order chi connectivity index (χ0) is 18.3. The fourth-order valence-corrected chi connectivity index (χ4v) is 5.85. The van der Waals surface area contributed by atoms with Gasteiger partial charge in [-0.1, -0.05) is 39.0 Å². The van der Waals surface area contributed by atoms with Gasteiger partial charge in [-0.25, -0.2) is 13.2 Å². The SMILES string of the molecule is CC1(C)C2CCC1(C)C(NC(=O)NCCS(=O)(=O)c1ccccc1)C2. The molecule has 2 fully saturated rings. The van der Waals surface area contributed by atoms with Crippen LogP contribution in [-0.2, 0) is 9.84 Å². The number of carbonyl (C=O) groups excluding carboxylic acids is 1. The van der Waals surface area contributed by atoms with E-state index >= 15 is 0 Å². The third-order valence-electron chi connectivity index (χ3n) is 6.86. The van der Waals surface area contributed by atoms with E-state index in [9.17, 15) is 13.2 Å². The van der Waals surface area contributed by atoms with E-state index in [1.165, 1.54) is 6.42 Å². The van der Waals surface area contributed by atoms with Gasteiger partial charge in [0, 0.05) is 12.6 Å². The summed E-state index contributed by atoms with van der Waals surface area (Å²) in [5.74, 6) is 0.557. The number of urea groups is 1. The largest absolute Gasteiger partial charge is 0.337 e. The van der Waals surface area contributed by atoms with Crippen LogP contribution in [0.25, 0.3) is 0 Å². The molecule has 2 amide bonds. The summed E-state index contributed by atoms with van der Waals surface area (Å²) >= 11 is 0. The van der Waals surface area contributed by atoms with Gasteiger partial charge in [0.2, 0.25) is 0 Å². The maximum absolute atomic E-state index is 12.2. The molecule has 3 rings (SSSR count). The van der Waals surface area contributed by atoms with Gasteiger partial charge in [-0.3, -0.25) is 0 Å². The minimum atomic E-state index is -3.36. The Morgan fingerprint density at radius 2 is 1.88 bits per heavy atom. The molecule has 2 aliphatic carbocycles. The maximum atomic E-state index is 12.2. The van der Waals surface area contributed by atoms with Gasteiger partial charge in [0.1, 0.15) is 0 Å². The van der Waals surface area contributed by atoms with Crippen molar-refractivity contribution in [1.29, 1.82) is 0 Å². The number of rotatable bonds is 5. The molecule has 5 nitrogen and oxygen atoms in total. The number of benzene rings is 1. The van der Waals surface area contributed by atoms with Crippen molar-refractivity contribution in [3.05, 3.63) is 30.3 Å². The number of carbonyl (C=O) groups is 1. The Morgan fingerprint density at radius 3 is 2.44 bits per heavy atom. The summed E-state index contributed by atoms with van der Waals surface area (Å²) in [4.78, 5) is 12.5. The molecule has 138 valence electrons. The summed E-state index contributed by atoms with van der Waals surface area (Å²) < 4.78 is 24.5. The fraction of sp³-hybridized carbons (Fsp3) is 0.632. The third kappa shape index (κ3) is 3.16. The summed E-state index contributed by atoms with van der Waals surface area (Å²) in [5.41, 5.74) is 0.354. The molecular formula is C19H28N2O3S. The molecule has 0 radical (unpaired) electrons. The van der Waals surface area contributed by atoms with Crippen molar-refractivity contribution in [2.75, 3.05) is 12.3 Å². The zero-order valence-corrected chi connectivity index (χ0v) is 16.0. The molecule has 0 saturated heterocycles. The number of hydrogen-bond acceptors (Lipinski definition) is 3. The van der Waals surface area contributed by atoms with Crippen molar-refractivity contribution in [2.24, 2.45) is 16.7 Å². The van der Waals surface area contributed by atoms with Crippen LogP contribution in [0.5, 0.6) is 0 Å². The summed E-state index contributed by atoms with van der Waals surface area (Å²) in [6.45, 7) is 6.98. The van der Waals surface area contributed by atoms with Crippen LogP contribution in [0.15, 0.2) is 35.2 Å². The van der Waals surface area contributed by atoms with Crippen LogP contribution in [0.1, 0.15) is 40.0 Å². The Balaban J connectivity index is 1.51. The predicted molar refractivity (Wildman–Crippen MR) is 98.0 cm³/mol. The maximum Gasteiger partial charge on any atom is 0.315 e. The molecule has 0 heterocycles. The first-order chi connectivity index (χ1) is 11.7. The molecular weight excluding hydrogens is 336 g/mol. The first kappa shape index (κ1) is 18.2. The summed E-state index contributed by atoms with van der Waals surface area (Å²) in [7, 11) is -3.36. The highest BCUT2D eigenvalue weighted by Crippen LogP contribution is 2.65. The van der Waals surface area contributed by atoms with Gasteiger partial charge in [0.05, 0.1) is 10.6 Å². The minimum Gasteiger partial charge on any atom is -0.337 e. The van der Waals surface area contributed by atoms with Crippen LogP contribution < -0.4 is 10.6 Å². The van der Waals surface area contributed by atoms with Gasteiger partial charge in [-0.05, 0) is 48.1 Å². The average Bonchev–Trinajstić information content (AvgIpc) is 2.89. The molecule has 25 heavy (non-hydrogen) atoms. The van der Waals surface area contributed by atoms with Gasteiger partial charge in [-0.2, -0.15) is 0 Å². The van der Waals surface area contributed by atoms with Gasteiger partial charge < -0.3 is 10.6 Å². The molecule has 3 unspecified atom stereocenters. The minimum absolute atomic E-state index is 0.0967. The normalized spacial score (nSPS) is 30.2. The molecule has 1 aromatic carbocycles. The van der Waals surface area contributed by atoms with E-state index < -0.39 is 9.84 Å². The lowest BCUT2D eigenvalue weighted by molar-refractivity contribution is 0.123. The summed E-state index contributed by atoms with van der Waals surface area (Å²) in [6.07, 6.45) is 3.38. The lowest BCUT2D eigenvalue weighted by Crippen LogP contribution is -2.50. The van der Waals surface area contributed by atoms with E-state index in [0.717, 1.165) is 12.8 Å². The van der Waals surface area contributed by atoms with Crippen molar-refractivity contribution in [3.8, 4) is 0 Å². The highest BCUT2D eigenvalue weighted by molar-refractivity contribution is 7.91. The highest BCUT2D eigenvalue weighted by Gasteiger charge is 2.61.